The first-order valence-corrected chi connectivity index (χ1v) is 10.7. The van der Waals surface area contributed by atoms with Crippen molar-refractivity contribution in [3.63, 3.8) is 0 Å². The van der Waals surface area contributed by atoms with E-state index in [0.29, 0.717) is 40.0 Å². The number of hydrogen-bond acceptors (Lipinski definition) is 3. The number of halogens is 2. The van der Waals surface area contributed by atoms with Crippen molar-refractivity contribution in [3.8, 4) is 0 Å². The maximum atomic E-state index is 12.7. The van der Waals surface area contributed by atoms with Gasteiger partial charge in [-0.3, -0.25) is 0 Å². The van der Waals surface area contributed by atoms with Crippen LogP contribution in [-0.2, 0) is 10.0 Å². The average Bonchev–Trinajstić information content (AvgIpc) is 3.08. The van der Waals surface area contributed by atoms with Crippen molar-refractivity contribution < 1.29 is 8.42 Å². The Kier molecular flexibility index (Phi) is 5.91. The predicted octanol–water partition coefficient (Wildman–Crippen LogP) is 4.98. The number of hydrogen-bond donors (Lipinski definition) is 1. The lowest BCUT2D eigenvalue weighted by molar-refractivity contribution is 0.445. The Morgan fingerprint density at radius 2 is 1.81 bits per heavy atom. The van der Waals surface area contributed by atoms with Gasteiger partial charge in [-0.2, -0.15) is 4.31 Å². The van der Waals surface area contributed by atoms with E-state index in [9.17, 15) is 8.42 Å². The van der Waals surface area contributed by atoms with E-state index >= 15 is 0 Å². The van der Waals surface area contributed by atoms with Crippen molar-refractivity contribution in [2.75, 3.05) is 13.1 Å². The van der Waals surface area contributed by atoms with E-state index in [1.165, 1.54) is 4.31 Å². The number of benzene rings is 2. The summed E-state index contributed by atoms with van der Waals surface area (Å²) < 4.78 is 26.8. The molecule has 8 heteroatoms. The summed E-state index contributed by atoms with van der Waals surface area (Å²) in [5.41, 5.74) is 2.14. The van der Waals surface area contributed by atoms with Gasteiger partial charge in [-0.15, -0.1) is 0 Å². The molecule has 0 atom stereocenters. The van der Waals surface area contributed by atoms with Crippen molar-refractivity contribution in [1.29, 1.82) is 0 Å². The zero-order valence-corrected chi connectivity index (χ0v) is 17.2. The number of H-pyrrole nitrogens is 1. The lowest BCUT2D eigenvalue weighted by atomic mass is 10.2. The molecule has 0 saturated carbocycles. The molecular weight excluding hydrogens is 405 g/mol. The van der Waals surface area contributed by atoms with Crippen molar-refractivity contribution in [1.82, 2.24) is 14.3 Å². The van der Waals surface area contributed by atoms with Crippen LogP contribution in [0.15, 0.2) is 47.4 Å². The Bertz CT molecular complexity index is 1090. The van der Waals surface area contributed by atoms with Gasteiger partial charge in [0.05, 0.1) is 21.0 Å². The molecule has 0 radical (unpaired) electrons. The molecule has 0 saturated heterocycles. The third-order valence-corrected chi connectivity index (χ3v) is 6.77. The highest BCUT2D eigenvalue weighted by Gasteiger charge is 2.22. The molecule has 1 heterocycles. The first-order chi connectivity index (χ1) is 12.8. The van der Waals surface area contributed by atoms with Gasteiger partial charge in [-0.05, 0) is 42.0 Å². The second-order valence-corrected chi connectivity index (χ2v) is 8.68. The molecule has 2 aromatic carbocycles. The number of aromatic amines is 1. The summed E-state index contributed by atoms with van der Waals surface area (Å²) >= 11 is 12.3. The summed E-state index contributed by atoms with van der Waals surface area (Å²) in [6.07, 6.45) is 1.77. The minimum Gasteiger partial charge on any atom is -0.337 e. The number of sulfonamides is 1. The van der Waals surface area contributed by atoms with Crippen LogP contribution in [0.25, 0.3) is 22.1 Å². The first kappa shape index (κ1) is 19.9. The Morgan fingerprint density at radius 1 is 1.15 bits per heavy atom. The first-order valence-electron chi connectivity index (χ1n) is 8.48. The van der Waals surface area contributed by atoms with Gasteiger partial charge in [0.25, 0.3) is 0 Å². The summed E-state index contributed by atoms with van der Waals surface area (Å²) in [5, 5.41) is 1.07. The fourth-order valence-corrected chi connectivity index (χ4v) is 4.57. The molecule has 0 fully saturated rings. The lowest BCUT2D eigenvalue weighted by Crippen LogP contribution is -2.30. The maximum absolute atomic E-state index is 12.7. The fourth-order valence-electron chi connectivity index (χ4n) is 2.75. The van der Waals surface area contributed by atoms with Crippen molar-refractivity contribution in [2.24, 2.45) is 0 Å². The van der Waals surface area contributed by atoms with E-state index in [2.05, 4.69) is 9.97 Å². The van der Waals surface area contributed by atoms with Crippen LogP contribution in [0.3, 0.4) is 0 Å². The van der Waals surface area contributed by atoms with Gasteiger partial charge in [-0.25, -0.2) is 13.4 Å². The van der Waals surface area contributed by atoms with Crippen LogP contribution < -0.4 is 0 Å². The average molecular weight is 424 g/mol. The van der Waals surface area contributed by atoms with E-state index in [1.807, 2.05) is 26.0 Å². The SMILES string of the molecule is CCN(CC)S(=O)(=O)c1ccc2nc(/C(Cl)=C/c3ccc(Cl)cc3)[nH]c2c1. The molecule has 0 aliphatic rings. The van der Waals surface area contributed by atoms with Gasteiger partial charge >= 0.3 is 0 Å². The molecule has 3 rings (SSSR count). The molecule has 0 aliphatic heterocycles. The predicted molar refractivity (Wildman–Crippen MR) is 111 cm³/mol. The van der Waals surface area contributed by atoms with Gasteiger partial charge in [-0.1, -0.05) is 49.2 Å². The van der Waals surface area contributed by atoms with Gasteiger partial charge in [0.1, 0.15) is 5.82 Å². The number of aromatic nitrogens is 2. The lowest BCUT2D eigenvalue weighted by Gasteiger charge is -2.18. The zero-order chi connectivity index (χ0) is 19.6. The Hall–Kier alpha value is -1.86. The normalized spacial score (nSPS) is 12.9. The monoisotopic (exact) mass is 423 g/mol. The summed E-state index contributed by atoms with van der Waals surface area (Å²) in [7, 11) is -3.53. The highest BCUT2D eigenvalue weighted by molar-refractivity contribution is 7.89. The van der Waals surface area contributed by atoms with E-state index in [1.54, 1.807) is 36.4 Å². The molecule has 1 N–H and O–H groups in total. The molecule has 0 bridgehead atoms. The highest BCUT2D eigenvalue weighted by Crippen LogP contribution is 2.25. The summed E-state index contributed by atoms with van der Waals surface area (Å²) in [5.74, 6) is 0.471. The van der Waals surface area contributed by atoms with E-state index in [-0.39, 0.29) is 4.90 Å². The second-order valence-electron chi connectivity index (χ2n) is 5.90. The van der Waals surface area contributed by atoms with Gasteiger partial charge < -0.3 is 4.98 Å². The van der Waals surface area contributed by atoms with Crippen LogP contribution in [0.2, 0.25) is 5.02 Å². The van der Waals surface area contributed by atoms with E-state index in [0.717, 1.165) is 5.56 Å². The van der Waals surface area contributed by atoms with Gasteiger partial charge in [0.2, 0.25) is 10.0 Å². The van der Waals surface area contributed by atoms with Crippen molar-refractivity contribution >= 4 is 55.4 Å². The Morgan fingerprint density at radius 3 is 2.44 bits per heavy atom. The van der Waals surface area contributed by atoms with Gasteiger partial charge in [0, 0.05) is 18.1 Å². The van der Waals surface area contributed by atoms with Crippen LogP contribution in [0.4, 0.5) is 0 Å². The number of rotatable bonds is 6. The third kappa shape index (κ3) is 4.19. The number of nitrogens with zero attached hydrogens (tertiary/aromatic N) is 2. The summed E-state index contributed by atoms with van der Waals surface area (Å²) in [6.45, 7) is 4.46. The Balaban J connectivity index is 1.97. The third-order valence-electron chi connectivity index (χ3n) is 4.19. The number of fused-ring (bicyclic) bond motifs is 1. The fraction of sp³-hybridized carbons (Fsp3) is 0.211. The van der Waals surface area contributed by atoms with Crippen LogP contribution in [-0.4, -0.2) is 35.8 Å². The molecule has 0 spiro atoms. The Labute approximate surface area is 168 Å². The minimum absolute atomic E-state index is 0.228. The highest BCUT2D eigenvalue weighted by atomic mass is 35.5. The maximum Gasteiger partial charge on any atom is 0.243 e. The smallest absolute Gasteiger partial charge is 0.243 e. The van der Waals surface area contributed by atoms with Crippen LogP contribution in [0.5, 0.6) is 0 Å². The molecule has 3 aromatic rings. The summed E-state index contributed by atoms with van der Waals surface area (Å²) in [6, 6.07) is 12.1. The van der Waals surface area contributed by atoms with Gasteiger partial charge in [0.15, 0.2) is 0 Å². The molecule has 1 aromatic heterocycles. The summed E-state index contributed by atoms with van der Waals surface area (Å²) in [4.78, 5) is 7.77. The largest absolute Gasteiger partial charge is 0.337 e. The minimum atomic E-state index is -3.53. The van der Waals surface area contributed by atoms with Crippen molar-refractivity contribution in [2.45, 2.75) is 18.7 Å². The molecule has 0 aliphatic carbocycles. The van der Waals surface area contributed by atoms with E-state index in [4.69, 9.17) is 23.2 Å². The van der Waals surface area contributed by atoms with E-state index < -0.39 is 10.0 Å². The molecule has 142 valence electrons. The van der Waals surface area contributed by atoms with Crippen LogP contribution in [0.1, 0.15) is 25.2 Å². The molecule has 5 nitrogen and oxygen atoms in total. The van der Waals surface area contributed by atoms with Crippen LogP contribution >= 0.6 is 23.2 Å². The molecule has 27 heavy (non-hydrogen) atoms. The number of imidazole rings is 1. The van der Waals surface area contributed by atoms with Crippen LogP contribution in [0, 0.1) is 0 Å². The second kappa shape index (κ2) is 8.02. The molecule has 0 unspecified atom stereocenters. The topological polar surface area (TPSA) is 66.1 Å². The standard InChI is InChI=1S/C19H19Cl2N3O2S/c1-3-24(4-2)27(25,26)15-9-10-17-18(12-15)23-19(22-17)16(21)11-13-5-7-14(20)8-6-13/h5-12H,3-4H2,1-2H3,(H,22,23)/b16-11-. The zero-order valence-electron chi connectivity index (χ0n) is 14.9. The molecule has 0 amide bonds. The van der Waals surface area contributed by atoms with Crippen molar-refractivity contribution in [3.05, 3.63) is 58.9 Å². The quantitative estimate of drug-likeness (QED) is 0.607. The number of nitrogens with one attached hydrogen (secondary N) is 1. The molecular formula is C19H19Cl2N3O2S.